The second kappa shape index (κ2) is 28.9. The van der Waals surface area contributed by atoms with Crippen molar-refractivity contribution in [2.75, 3.05) is 72.5 Å². The lowest BCUT2D eigenvalue weighted by Gasteiger charge is -2.31. The van der Waals surface area contributed by atoms with Crippen LogP contribution in [-0.2, 0) is 57.3 Å². The van der Waals surface area contributed by atoms with Gasteiger partial charge in [0.25, 0.3) is 0 Å². The maximum Gasteiger partial charge on any atom is 0.306 e. The van der Waals surface area contributed by atoms with Crippen LogP contribution in [0.5, 0.6) is 0 Å². The molecule has 0 radical (unpaired) electrons. The number of hydrogen-bond donors (Lipinski definition) is 4. The minimum Gasteiger partial charge on any atom is -0.481 e. The van der Waals surface area contributed by atoms with Gasteiger partial charge in [0.15, 0.2) is 0 Å². The van der Waals surface area contributed by atoms with Gasteiger partial charge in [-0.2, -0.15) is 47.0 Å². The van der Waals surface area contributed by atoms with Gasteiger partial charge in [0.05, 0.1) is 51.4 Å². The first-order chi connectivity index (χ1) is 23.2. The van der Waals surface area contributed by atoms with E-state index in [0.29, 0.717) is 0 Å². The maximum absolute atomic E-state index is 12.5. The normalized spacial score (nSPS) is 10.9. The fraction of sp³-hybridized carbons (Fsp3) is 0.724. The summed E-state index contributed by atoms with van der Waals surface area (Å²) in [4.78, 5) is 93.0. The van der Waals surface area contributed by atoms with Crippen molar-refractivity contribution in [2.45, 2.75) is 51.4 Å². The number of carbonyl (C=O) groups is 8. The van der Waals surface area contributed by atoms with Crippen LogP contribution in [0.15, 0.2) is 0 Å². The van der Waals surface area contributed by atoms with Gasteiger partial charge < -0.3 is 39.4 Å². The third-order valence-electron chi connectivity index (χ3n) is 5.80. The van der Waals surface area contributed by atoms with Crippen LogP contribution in [0.3, 0.4) is 0 Å². The molecule has 0 saturated heterocycles. The fourth-order valence-corrected chi connectivity index (χ4v) is 6.48. The molecular weight excluding hydrogens is 733 g/mol. The molecule has 0 unspecified atom stereocenters. The molecule has 0 aromatic rings. The maximum atomic E-state index is 12.5. The molecule has 280 valence electrons. The SMILES string of the molecule is O=C(O)CCSCCC(=O)OCC(COC(=O)CCSCCC(=O)O)(COC(=O)CCSCCC(=O)O)COC(=O)CCSCCC(=O)O. The molecule has 0 fully saturated rings. The highest BCUT2D eigenvalue weighted by molar-refractivity contribution is 7.99. The largest absolute Gasteiger partial charge is 0.481 e. The Morgan fingerprint density at radius 1 is 0.347 bits per heavy atom. The molecule has 4 N–H and O–H groups in total. The Morgan fingerprint density at radius 3 is 0.714 bits per heavy atom. The van der Waals surface area contributed by atoms with Crippen LogP contribution in [0.4, 0.5) is 0 Å². The predicted molar refractivity (Wildman–Crippen MR) is 183 cm³/mol. The first kappa shape index (κ1) is 46.2. The van der Waals surface area contributed by atoms with Crippen molar-refractivity contribution >= 4 is 94.8 Å². The molecule has 16 nitrogen and oxygen atoms in total. The zero-order valence-corrected chi connectivity index (χ0v) is 30.2. The highest BCUT2D eigenvalue weighted by Crippen LogP contribution is 2.23. The molecule has 0 aliphatic carbocycles. The van der Waals surface area contributed by atoms with Crippen molar-refractivity contribution < 1.29 is 77.7 Å². The molecule has 0 aliphatic heterocycles. The van der Waals surface area contributed by atoms with Gasteiger partial charge in [-0.3, -0.25) is 38.4 Å². The number of ether oxygens (including phenoxy) is 4. The van der Waals surface area contributed by atoms with Crippen molar-refractivity contribution in [1.82, 2.24) is 0 Å². The Morgan fingerprint density at radius 2 is 0.531 bits per heavy atom. The predicted octanol–water partition coefficient (Wildman–Crippen LogP) is 2.54. The molecule has 49 heavy (non-hydrogen) atoms. The molecule has 0 saturated carbocycles. The van der Waals surface area contributed by atoms with E-state index in [2.05, 4.69) is 0 Å². The standard InChI is InChI=1S/C29H44O16S4/c30-21(31)1-9-46-13-5-25(38)42-17-29(18-43-26(39)6-14-47-10-2-22(32)33,19-44-27(40)7-15-48-11-3-23(34)35)20-45-28(41)8-16-49-12-4-24(36)37/h1-20H2,(H,30,31)(H,32,33)(H,34,35)(H,36,37). The van der Waals surface area contributed by atoms with Gasteiger partial charge in [-0.15, -0.1) is 0 Å². The summed E-state index contributed by atoms with van der Waals surface area (Å²) in [6.07, 6.45) is -0.692. The zero-order valence-electron chi connectivity index (χ0n) is 27.0. The quantitative estimate of drug-likeness (QED) is 0.0435. The Bertz CT molecular complexity index is 905. The van der Waals surface area contributed by atoms with Gasteiger partial charge in [-0.25, -0.2) is 0 Å². The van der Waals surface area contributed by atoms with Crippen LogP contribution in [-0.4, -0.2) is 141 Å². The molecule has 0 atom stereocenters. The van der Waals surface area contributed by atoms with Gasteiger partial charge in [0.1, 0.15) is 31.8 Å². The summed E-state index contributed by atoms with van der Waals surface area (Å²) in [5.41, 5.74) is -1.53. The van der Waals surface area contributed by atoms with E-state index in [4.69, 9.17) is 39.4 Å². The lowest BCUT2D eigenvalue weighted by Crippen LogP contribution is -2.44. The first-order valence-electron chi connectivity index (χ1n) is 15.1. The second-order valence-corrected chi connectivity index (χ2v) is 15.1. The first-order valence-corrected chi connectivity index (χ1v) is 19.7. The van der Waals surface area contributed by atoms with Crippen LogP contribution in [0, 0.1) is 5.41 Å². The van der Waals surface area contributed by atoms with Gasteiger partial charge in [0, 0.05) is 46.0 Å². The third-order valence-corrected chi connectivity index (χ3v) is 9.74. The van der Waals surface area contributed by atoms with E-state index < -0.39 is 79.6 Å². The summed E-state index contributed by atoms with van der Waals surface area (Å²) in [5, 5.41) is 35.0. The van der Waals surface area contributed by atoms with Gasteiger partial charge in [-0.05, 0) is 0 Å². The number of carboxylic acids is 4. The summed E-state index contributed by atoms with van der Waals surface area (Å²) < 4.78 is 21.7. The summed E-state index contributed by atoms with van der Waals surface area (Å²) in [5.74, 6) is -4.47. The molecule has 0 aromatic carbocycles. The molecule has 0 rings (SSSR count). The third kappa shape index (κ3) is 29.8. The minimum absolute atomic E-state index is 0.0842. The summed E-state index contributed by atoms with van der Waals surface area (Å²) >= 11 is 4.92. The average molecular weight is 777 g/mol. The van der Waals surface area contributed by atoms with Crippen molar-refractivity contribution in [3.05, 3.63) is 0 Å². The smallest absolute Gasteiger partial charge is 0.306 e. The van der Waals surface area contributed by atoms with E-state index in [1.165, 1.54) is 47.0 Å². The number of rotatable bonds is 32. The highest BCUT2D eigenvalue weighted by Gasteiger charge is 2.38. The topological polar surface area (TPSA) is 254 Å². The van der Waals surface area contributed by atoms with E-state index in [1.807, 2.05) is 0 Å². The Hall–Kier alpha value is -2.84. The van der Waals surface area contributed by atoms with E-state index in [1.54, 1.807) is 0 Å². The number of esters is 4. The lowest BCUT2D eigenvalue weighted by atomic mass is 9.92. The van der Waals surface area contributed by atoms with Crippen LogP contribution < -0.4 is 0 Å². The van der Waals surface area contributed by atoms with E-state index in [9.17, 15) is 38.4 Å². The molecule has 20 heteroatoms. The van der Waals surface area contributed by atoms with Gasteiger partial charge >= 0.3 is 47.8 Å². The zero-order chi connectivity index (χ0) is 36.9. The average Bonchev–Trinajstić information content (AvgIpc) is 3.02. The van der Waals surface area contributed by atoms with Crippen LogP contribution in [0.25, 0.3) is 0 Å². The van der Waals surface area contributed by atoms with Crippen LogP contribution >= 0.6 is 47.0 Å². The summed E-state index contributed by atoms with van der Waals surface area (Å²) in [7, 11) is 0. The van der Waals surface area contributed by atoms with Crippen LogP contribution in [0.1, 0.15) is 51.4 Å². The number of thioether (sulfide) groups is 4. The monoisotopic (exact) mass is 776 g/mol. The molecule has 0 amide bonds. The molecule has 0 heterocycles. The van der Waals surface area contributed by atoms with Crippen molar-refractivity contribution in [2.24, 2.45) is 5.41 Å². The highest BCUT2D eigenvalue weighted by atomic mass is 32.2. The summed E-state index contributed by atoms with van der Waals surface area (Å²) in [6.45, 7) is -1.97. The molecule has 0 spiro atoms. The Balaban J connectivity index is 5.58. The fourth-order valence-electron chi connectivity index (χ4n) is 3.14. The van der Waals surface area contributed by atoms with E-state index >= 15 is 0 Å². The number of aliphatic carboxylic acids is 4. The Labute approximate surface area is 300 Å². The van der Waals surface area contributed by atoms with Crippen LogP contribution in [0.2, 0.25) is 0 Å². The molecule has 0 bridgehead atoms. The van der Waals surface area contributed by atoms with Gasteiger partial charge in [-0.1, -0.05) is 0 Å². The number of hydrogen-bond acceptors (Lipinski definition) is 16. The van der Waals surface area contributed by atoms with E-state index in [-0.39, 0.29) is 97.4 Å². The van der Waals surface area contributed by atoms with Crippen molar-refractivity contribution in [3.63, 3.8) is 0 Å². The number of carbonyl (C=O) groups excluding carboxylic acids is 4. The molecular formula is C29H44O16S4. The minimum atomic E-state index is -1.53. The molecule has 0 aromatic heterocycles. The van der Waals surface area contributed by atoms with E-state index in [0.717, 1.165) is 0 Å². The lowest BCUT2D eigenvalue weighted by molar-refractivity contribution is -0.170. The number of carboxylic acid groups (broad SMARTS) is 4. The van der Waals surface area contributed by atoms with Gasteiger partial charge in [0.2, 0.25) is 0 Å². The van der Waals surface area contributed by atoms with Crippen molar-refractivity contribution in [3.8, 4) is 0 Å². The Kier molecular flexibility index (Phi) is 27.3. The second-order valence-electron chi connectivity index (χ2n) is 10.2. The summed E-state index contributed by atoms with van der Waals surface area (Å²) in [6, 6.07) is 0. The molecule has 0 aliphatic rings. The van der Waals surface area contributed by atoms with Crippen molar-refractivity contribution in [1.29, 1.82) is 0 Å².